The summed E-state index contributed by atoms with van der Waals surface area (Å²) < 4.78 is 7.22. The zero-order valence-electron chi connectivity index (χ0n) is 16.4. The molecule has 2 rings (SSSR count). The van der Waals surface area contributed by atoms with Crippen molar-refractivity contribution in [2.75, 3.05) is 6.54 Å². The molecular weight excluding hydrogens is 326 g/mol. The van der Waals surface area contributed by atoms with Gasteiger partial charge in [-0.3, -0.25) is 4.68 Å². The molecule has 5 heteroatoms. The lowest BCUT2D eigenvalue weighted by Crippen LogP contribution is -2.32. The zero-order chi connectivity index (χ0) is 19.0. The fourth-order valence-electron chi connectivity index (χ4n) is 2.78. The normalized spacial score (nSPS) is 11.4. The van der Waals surface area contributed by atoms with Crippen LogP contribution in [-0.2, 0) is 11.3 Å². The van der Waals surface area contributed by atoms with E-state index in [0.717, 1.165) is 32.2 Å². The number of hydrogen-bond acceptors (Lipinski definition) is 3. The van der Waals surface area contributed by atoms with Gasteiger partial charge in [0.2, 0.25) is 0 Å². The van der Waals surface area contributed by atoms with Crippen molar-refractivity contribution in [3.05, 3.63) is 42.2 Å². The highest BCUT2D eigenvalue weighted by molar-refractivity contribution is 5.67. The van der Waals surface area contributed by atoms with E-state index in [-0.39, 0.29) is 6.09 Å². The molecule has 5 nitrogen and oxygen atoms in total. The van der Waals surface area contributed by atoms with Crippen LogP contribution in [0, 0.1) is 6.92 Å². The molecule has 1 amide bonds. The van der Waals surface area contributed by atoms with Gasteiger partial charge in [-0.15, -0.1) is 0 Å². The second kappa shape index (κ2) is 9.41. The number of benzene rings is 1. The minimum absolute atomic E-state index is 0.335. The maximum absolute atomic E-state index is 11.5. The van der Waals surface area contributed by atoms with E-state index in [1.165, 1.54) is 16.7 Å². The van der Waals surface area contributed by atoms with Crippen molar-refractivity contribution in [3.8, 4) is 11.1 Å². The number of amides is 1. The molecule has 0 unspecified atom stereocenters. The van der Waals surface area contributed by atoms with E-state index >= 15 is 0 Å². The van der Waals surface area contributed by atoms with Crippen molar-refractivity contribution in [2.45, 2.75) is 65.5 Å². The summed E-state index contributed by atoms with van der Waals surface area (Å²) in [5, 5.41) is 7.26. The third-order valence-electron chi connectivity index (χ3n) is 4.07. The Morgan fingerprint density at radius 1 is 1.15 bits per heavy atom. The first-order valence-corrected chi connectivity index (χ1v) is 9.40. The highest BCUT2D eigenvalue weighted by Crippen LogP contribution is 2.22. The summed E-state index contributed by atoms with van der Waals surface area (Å²) in [6.45, 7) is 9.31. The summed E-state index contributed by atoms with van der Waals surface area (Å²) in [6, 6.07) is 8.37. The summed E-state index contributed by atoms with van der Waals surface area (Å²) in [6.07, 6.45) is 7.98. The van der Waals surface area contributed by atoms with E-state index in [9.17, 15) is 4.79 Å². The van der Waals surface area contributed by atoms with Gasteiger partial charge in [0.05, 0.1) is 6.20 Å². The summed E-state index contributed by atoms with van der Waals surface area (Å²) in [7, 11) is 0. The minimum atomic E-state index is -0.439. The lowest BCUT2D eigenvalue weighted by Gasteiger charge is -2.19. The van der Waals surface area contributed by atoms with E-state index in [2.05, 4.69) is 47.8 Å². The Morgan fingerprint density at radius 3 is 2.62 bits per heavy atom. The van der Waals surface area contributed by atoms with E-state index in [1.54, 1.807) is 0 Å². The molecule has 0 bridgehead atoms. The molecule has 0 saturated carbocycles. The van der Waals surface area contributed by atoms with Gasteiger partial charge in [-0.05, 0) is 51.7 Å². The van der Waals surface area contributed by atoms with Crippen LogP contribution in [0.15, 0.2) is 36.7 Å². The molecule has 0 radical (unpaired) electrons. The number of carbonyl (C=O) groups excluding carboxylic acids is 1. The van der Waals surface area contributed by atoms with Gasteiger partial charge >= 0.3 is 6.09 Å². The quantitative estimate of drug-likeness (QED) is 0.681. The second-order valence-electron chi connectivity index (χ2n) is 7.65. The lowest BCUT2D eigenvalue weighted by atomic mass is 10.0. The number of rotatable bonds is 8. The van der Waals surface area contributed by atoms with Crippen LogP contribution in [0.1, 0.15) is 52.0 Å². The van der Waals surface area contributed by atoms with Crippen molar-refractivity contribution in [1.29, 1.82) is 0 Å². The van der Waals surface area contributed by atoms with Gasteiger partial charge in [0.1, 0.15) is 5.60 Å². The van der Waals surface area contributed by atoms with E-state index in [4.69, 9.17) is 4.74 Å². The van der Waals surface area contributed by atoms with Crippen molar-refractivity contribution < 1.29 is 9.53 Å². The predicted molar refractivity (Wildman–Crippen MR) is 105 cm³/mol. The molecule has 1 heterocycles. The second-order valence-corrected chi connectivity index (χ2v) is 7.65. The first kappa shape index (κ1) is 20.0. The fraction of sp³-hybridized carbons (Fsp3) is 0.524. The van der Waals surface area contributed by atoms with Gasteiger partial charge in [-0.1, -0.05) is 37.1 Å². The van der Waals surface area contributed by atoms with E-state index in [1.807, 2.05) is 31.6 Å². The number of aromatic nitrogens is 2. The Kier molecular flexibility index (Phi) is 7.25. The van der Waals surface area contributed by atoms with Gasteiger partial charge in [-0.2, -0.15) is 5.10 Å². The molecule has 2 aromatic rings. The fourth-order valence-corrected chi connectivity index (χ4v) is 2.78. The predicted octanol–water partition coefficient (Wildman–Crippen LogP) is 4.94. The first-order chi connectivity index (χ1) is 12.3. The van der Waals surface area contributed by atoms with E-state index < -0.39 is 5.60 Å². The molecule has 1 N–H and O–H groups in total. The van der Waals surface area contributed by atoms with Crippen LogP contribution >= 0.6 is 0 Å². The van der Waals surface area contributed by atoms with Crippen molar-refractivity contribution >= 4 is 6.09 Å². The Hall–Kier alpha value is -2.30. The molecule has 0 aliphatic heterocycles. The molecule has 0 aliphatic carbocycles. The SMILES string of the molecule is Cc1ccccc1-c1cnn(CCCCCCNC(=O)OC(C)(C)C)c1. The average Bonchev–Trinajstić information content (AvgIpc) is 3.01. The molecule has 0 atom stereocenters. The van der Waals surface area contributed by atoms with Gasteiger partial charge in [-0.25, -0.2) is 4.79 Å². The number of nitrogens with one attached hydrogen (secondary N) is 1. The highest BCUT2D eigenvalue weighted by Gasteiger charge is 2.15. The van der Waals surface area contributed by atoms with Gasteiger partial charge < -0.3 is 10.1 Å². The number of unbranched alkanes of at least 4 members (excludes halogenated alkanes) is 3. The molecule has 0 fully saturated rings. The molecule has 0 aliphatic rings. The monoisotopic (exact) mass is 357 g/mol. The van der Waals surface area contributed by atoms with Gasteiger partial charge in [0.15, 0.2) is 0 Å². The Bertz CT molecular complexity index is 701. The standard InChI is InChI=1S/C21H31N3O2/c1-17-11-7-8-12-19(17)18-15-23-24(16-18)14-10-6-5-9-13-22-20(25)26-21(2,3)4/h7-8,11-12,15-16H,5-6,9-10,13-14H2,1-4H3,(H,22,25). The topological polar surface area (TPSA) is 56.2 Å². The van der Waals surface area contributed by atoms with Crippen molar-refractivity contribution in [2.24, 2.45) is 0 Å². The average molecular weight is 357 g/mol. The van der Waals surface area contributed by atoms with Crippen molar-refractivity contribution in [1.82, 2.24) is 15.1 Å². The third kappa shape index (κ3) is 6.90. The number of nitrogens with zero attached hydrogens (tertiary/aromatic N) is 2. The molecule has 0 spiro atoms. The zero-order valence-corrected chi connectivity index (χ0v) is 16.4. The summed E-state index contributed by atoms with van der Waals surface area (Å²) in [4.78, 5) is 11.5. The number of hydrogen-bond donors (Lipinski definition) is 1. The Labute approximate surface area is 156 Å². The van der Waals surface area contributed by atoms with Gasteiger partial charge in [0.25, 0.3) is 0 Å². The van der Waals surface area contributed by atoms with Crippen LogP contribution in [0.5, 0.6) is 0 Å². The maximum Gasteiger partial charge on any atom is 0.407 e. The molecular formula is C21H31N3O2. The summed E-state index contributed by atoms with van der Waals surface area (Å²) in [5.41, 5.74) is 3.24. The smallest absolute Gasteiger partial charge is 0.407 e. The van der Waals surface area contributed by atoms with Gasteiger partial charge in [0, 0.05) is 24.8 Å². The van der Waals surface area contributed by atoms with E-state index in [0.29, 0.717) is 6.54 Å². The molecule has 1 aromatic carbocycles. The first-order valence-electron chi connectivity index (χ1n) is 9.40. The van der Waals surface area contributed by atoms with Crippen LogP contribution in [-0.4, -0.2) is 28.0 Å². The Balaban J connectivity index is 1.61. The molecule has 0 saturated heterocycles. The lowest BCUT2D eigenvalue weighted by molar-refractivity contribution is 0.0527. The molecule has 26 heavy (non-hydrogen) atoms. The number of ether oxygens (including phenoxy) is 1. The van der Waals surface area contributed by atoms with Crippen LogP contribution < -0.4 is 5.32 Å². The highest BCUT2D eigenvalue weighted by atomic mass is 16.6. The minimum Gasteiger partial charge on any atom is -0.444 e. The summed E-state index contributed by atoms with van der Waals surface area (Å²) >= 11 is 0. The Morgan fingerprint density at radius 2 is 1.88 bits per heavy atom. The van der Waals surface area contributed by atoms with Crippen LogP contribution in [0.25, 0.3) is 11.1 Å². The van der Waals surface area contributed by atoms with Crippen LogP contribution in [0.4, 0.5) is 4.79 Å². The van der Waals surface area contributed by atoms with Crippen LogP contribution in [0.3, 0.4) is 0 Å². The third-order valence-corrected chi connectivity index (χ3v) is 4.07. The number of carbonyl (C=O) groups is 1. The largest absolute Gasteiger partial charge is 0.444 e. The number of aryl methyl sites for hydroxylation is 2. The number of alkyl carbamates (subject to hydrolysis) is 1. The maximum atomic E-state index is 11.5. The molecule has 1 aromatic heterocycles. The van der Waals surface area contributed by atoms with Crippen molar-refractivity contribution in [3.63, 3.8) is 0 Å². The van der Waals surface area contributed by atoms with Crippen LogP contribution in [0.2, 0.25) is 0 Å². The molecule has 142 valence electrons. The summed E-state index contributed by atoms with van der Waals surface area (Å²) in [5.74, 6) is 0.